The fourth-order valence-electron chi connectivity index (χ4n) is 4.69. The van der Waals surface area contributed by atoms with Gasteiger partial charge in [0.1, 0.15) is 0 Å². The van der Waals surface area contributed by atoms with Crippen LogP contribution in [0, 0.1) is 5.92 Å². The van der Waals surface area contributed by atoms with Crippen molar-refractivity contribution in [3.05, 3.63) is 30.1 Å². The Morgan fingerprint density at radius 2 is 2.11 bits per heavy atom. The first-order valence-corrected chi connectivity index (χ1v) is 12.0. The lowest BCUT2D eigenvalue weighted by atomic mass is 9.82. The molecular formula is C21H32N4O2S. The van der Waals surface area contributed by atoms with Gasteiger partial charge in [0.15, 0.2) is 0 Å². The third kappa shape index (κ3) is 4.64. The lowest BCUT2D eigenvalue weighted by Crippen LogP contribution is -2.50. The SMILES string of the molecule is Cn1cnc2ccc(C3CCC(OCC4CNCCC4NS(C)=O)CC3)cc21. The average molecular weight is 405 g/mol. The van der Waals surface area contributed by atoms with Crippen LogP contribution in [-0.4, -0.2) is 51.9 Å². The van der Waals surface area contributed by atoms with Gasteiger partial charge in [-0.3, -0.25) is 0 Å². The number of aryl methyl sites for hydroxylation is 1. The smallest absolute Gasteiger partial charge is 0.0955 e. The summed E-state index contributed by atoms with van der Waals surface area (Å²) in [7, 11) is 1.09. The molecule has 0 spiro atoms. The van der Waals surface area contributed by atoms with E-state index in [9.17, 15) is 4.21 Å². The van der Waals surface area contributed by atoms with Gasteiger partial charge in [-0.2, -0.15) is 0 Å². The largest absolute Gasteiger partial charge is 0.378 e. The van der Waals surface area contributed by atoms with Crippen LogP contribution in [0.2, 0.25) is 0 Å². The van der Waals surface area contributed by atoms with E-state index in [2.05, 4.69) is 44.8 Å². The Bertz CT molecular complexity index is 816. The maximum Gasteiger partial charge on any atom is 0.0955 e. The second kappa shape index (κ2) is 9.03. The molecule has 1 aromatic heterocycles. The highest BCUT2D eigenvalue weighted by Gasteiger charge is 2.28. The minimum absolute atomic E-state index is 0.286. The number of fused-ring (bicyclic) bond motifs is 1. The highest BCUT2D eigenvalue weighted by Crippen LogP contribution is 2.35. The van der Waals surface area contributed by atoms with E-state index in [-0.39, 0.29) is 6.04 Å². The average Bonchev–Trinajstić information content (AvgIpc) is 3.08. The lowest BCUT2D eigenvalue weighted by molar-refractivity contribution is -0.00394. The zero-order chi connectivity index (χ0) is 19.5. The molecule has 1 saturated carbocycles. The number of benzene rings is 1. The van der Waals surface area contributed by atoms with E-state index in [4.69, 9.17) is 4.74 Å². The van der Waals surface area contributed by atoms with Crippen LogP contribution in [0.5, 0.6) is 0 Å². The van der Waals surface area contributed by atoms with E-state index in [1.807, 2.05) is 6.33 Å². The highest BCUT2D eigenvalue weighted by molar-refractivity contribution is 7.82. The van der Waals surface area contributed by atoms with Gasteiger partial charge in [-0.25, -0.2) is 13.9 Å². The van der Waals surface area contributed by atoms with E-state index in [1.165, 1.54) is 23.9 Å². The summed E-state index contributed by atoms with van der Waals surface area (Å²) < 4.78 is 23.2. The lowest BCUT2D eigenvalue weighted by Gasteiger charge is -2.34. The van der Waals surface area contributed by atoms with Crippen LogP contribution in [0.15, 0.2) is 24.5 Å². The second-order valence-corrected chi connectivity index (χ2v) is 9.49. The van der Waals surface area contributed by atoms with Crippen molar-refractivity contribution in [3.63, 3.8) is 0 Å². The summed E-state index contributed by atoms with van der Waals surface area (Å²) in [5, 5.41) is 3.45. The van der Waals surface area contributed by atoms with Crippen molar-refractivity contribution < 1.29 is 8.95 Å². The standard InChI is InChI=1S/C21H32N4O2S/c1-25-14-23-20-8-5-16(11-21(20)25)15-3-6-18(7-4-15)27-13-17-12-22-10-9-19(17)24-28(2)26/h5,8,11,14-15,17-19,22,24H,3-4,6-7,9-10,12-13H2,1-2H3. The summed E-state index contributed by atoms with van der Waals surface area (Å²) in [6, 6.07) is 6.99. The molecule has 4 rings (SSSR count). The van der Waals surface area contributed by atoms with E-state index < -0.39 is 11.0 Å². The molecule has 6 nitrogen and oxygen atoms in total. The van der Waals surface area contributed by atoms with Crippen molar-refractivity contribution in [1.29, 1.82) is 0 Å². The molecular weight excluding hydrogens is 372 g/mol. The molecule has 154 valence electrons. The Morgan fingerprint density at radius 3 is 2.89 bits per heavy atom. The molecule has 1 aliphatic carbocycles. The molecule has 0 radical (unpaired) electrons. The Balaban J connectivity index is 1.29. The molecule has 3 atom stereocenters. The monoisotopic (exact) mass is 404 g/mol. The van der Waals surface area contributed by atoms with Gasteiger partial charge in [0.2, 0.25) is 0 Å². The fraction of sp³-hybridized carbons (Fsp3) is 0.667. The zero-order valence-corrected chi connectivity index (χ0v) is 17.7. The third-order valence-electron chi connectivity index (χ3n) is 6.37. The number of piperidine rings is 1. The number of imidazole rings is 1. The van der Waals surface area contributed by atoms with Gasteiger partial charge in [-0.05, 0) is 62.3 Å². The van der Waals surface area contributed by atoms with Crippen LogP contribution in [0.3, 0.4) is 0 Å². The Kier molecular flexibility index (Phi) is 6.45. The van der Waals surface area contributed by atoms with Gasteiger partial charge in [-0.15, -0.1) is 0 Å². The first-order valence-electron chi connectivity index (χ1n) is 10.4. The van der Waals surface area contributed by atoms with Gasteiger partial charge in [-0.1, -0.05) is 6.07 Å². The van der Waals surface area contributed by atoms with Crippen LogP contribution in [-0.2, 0) is 22.8 Å². The Labute approximate surface area is 170 Å². The highest BCUT2D eigenvalue weighted by atomic mass is 32.2. The van der Waals surface area contributed by atoms with E-state index in [0.717, 1.165) is 44.5 Å². The van der Waals surface area contributed by atoms with E-state index in [1.54, 1.807) is 6.26 Å². The van der Waals surface area contributed by atoms with Crippen molar-refractivity contribution >= 4 is 22.0 Å². The number of aromatic nitrogens is 2. The van der Waals surface area contributed by atoms with Crippen molar-refractivity contribution in [1.82, 2.24) is 19.6 Å². The van der Waals surface area contributed by atoms with Gasteiger partial charge in [0.25, 0.3) is 0 Å². The van der Waals surface area contributed by atoms with Crippen molar-refractivity contribution in [2.24, 2.45) is 13.0 Å². The van der Waals surface area contributed by atoms with Gasteiger partial charge < -0.3 is 14.6 Å². The maximum absolute atomic E-state index is 11.6. The van der Waals surface area contributed by atoms with Gasteiger partial charge in [0.05, 0.1) is 41.1 Å². The molecule has 1 saturated heterocycles. The number of ether oxygens (including phenoxy) is 1. The predicted molar refractivity (Wildman–Crippen MR) is 114 cm³/mol. The first kappa shape index (κ1) is 20.0. The number of hydrogen-bond donors (Lipinski definition) is 2. The van der Waals surface area contributed by atoms with Crippen LogP contribution in [0.25, 0.3) is 11.0 Å². The van der Waals surface area contributed by atoms with Crippen LogP contribution >= 0.6 is 0 Å². The molecule has 0 bridgehead atoms. The van der Waals surface area contributed by atoms with Crippen molar-refractivity contribution in [2.75, 3.05) is 26.0 Å². The summed E-state index contributed by atoms with van der Waals surface area (Å²) in [4.78, 5) is 4.42. The molecule has 2 fully saturated rings. The minimum Gasteiger partial charge on any atom is -0.378 e. The molecule has 1 aromatic carbocycles. The topological polar surface area (TPSA) is 68.2 Å². The zero-order valence-electron chi connectivity index (χ0n) is 16.9. The summed E-state index contributed by atoms with van der Waals surface area (Å²) in [6.45, 7) is 2.67. The first-order chi connectivity index (χ1) is 13.6. The predicted octanol–water partition coefficient (Wildman–Crippen LogP) is 2.48. The summed E-state index contributed by atoms with van der Waals surface area (Å²) >= 11 is 0. The number of hydrogen-bond acceptors (Lipinski definition) is 4. The molecule has 3 unspecified atom stereocenters. The molecule has 2 aromatic rings. The van der Waals surface area contributed by atoms with Crippen LogP contribution < -0.4 is 10.0 Å². The Hall–Kier alpha value is -1.28. The number of nitrogens with one attached hydrogen (secondary N) is 2. The molecule has 1 aliphatic heterocycles. The summed E-state index contributed by atoms with van der Waals surface area (Å²) in [5.41, 5.74) is 3.72. The minimum atomic E-state index is -0.967. The maximum atomic E-state index is 11.6. The molecule has 2 aliphatic rings. The molecule has 2 heterocycles. The van der Waals surface area contributed by atoms with Crippen molar-refractivity contribution in [2.45, 2.75) is 50.2 Å². The number of rotatable bonds is 6. The van der Waals surface area contributed by atoms with Crippen LogP contribution in [0.1, 0.15) is 43.6 Å². The summed E-state index contributed by atoms with van der Waals surface area (Å²) in [5.74, 6) is 1.01. The normalized spacial score (nSPS) is 29.8. The summed E-state index contributed by atoms with van der Waals surface area (Å²) in [6.07, 6.45) is 9.55. The van der Waals surface area contributed by atoms with Crippen LogP contribution in [0.4, 0.5) is 0 Å². The van der Waals surface area contributed by atoms with Gasteiger partial charge >= 0.3 is 0 Å². The van der Waals surface area contributed by atoms with E-state index in [0.29, 0.717) is 17.9 Å². The molecule has 7 heteroatoms. The van der Waals surface area contributed by atoms with Gasteiger partial charge in [0, 0.05) is 31.8 Å². The molecule has 0 amide bonds. The quantitative estimate of drug-likeness (QED) is 0.776. The second-order valence-electron chi connectivity index (χ2n) is 8.34. The Morgan fingerprint density at radius 1 is 1.29 bits per heavy atom. The third-order valence-corrected chi connectivity index (χ3v) is 7.00. The molecule has 2 N–H and O–H groups in total. The van der Waals surface area contributed by atoms with E-state index >= 15 is 0 Å². The fourth-order valence-corrected chi connectivity index (χ4v) is 5.42. The number of nitrogens with zero attached hydrogens (tertiary/aromatic N) is 2. The van der Waals surface area contributed by atoms with Crippen molar-refractivity contribution in [3.8, 4) is 0 Å². The molecule has 28 heavy (non-hydrogen) atoms.